The zero-order chi connectivity index (χ0) is 11.3. The van der Waals surface area contributed by atoms with Crippen molar-refractivity contribution in [2.75, 3.05) is 25.4 Å². The number of thioether (sulfide) groups is 2. The summed E-state index contributed by atoms with van der Waals surface area (Å²) in [5, 5.41) is 0.800. The average molecular weight is 245 g/mol. The van der Waals surface area contributed by atoms with Crippen molar-refractivity contribution >= 4 is 23.5 Å². The second kappa shape index (κ2) is 6.87. The highest BCUT2D eigenvalue weighted by atomic mass is 32.2. The number of rotatable bonds is 5. The SMILES string of the molecule is CCC1=C(C)SCC(CN(CC)CC)S1. The lowest BCUT2D eigenvalue weighted by atomic mass is 10.4. The second-order valence-corrected chi connectivity index (χ2v) is 6.50. The van der Waals surface area contributed by atoms with Crippen molar-refractivity contribution in [1.82, 2.24) is 4.90 Å². The van der Waals surface area contributed by atoms with Crippen LogP contribution in [0.3, 0.4) is 0 Å². The van der Waals surface area contributed by atoms with Gasteiger partial charge in [-0.25, -0.2) is 0 Å². The molecule has 15 heavy (non-hydrogen) atoms. The van der Waals surface area contributed by atoms with E-state index < -0.39 is 0 Å². The van der Waals surface area contributed by atoms with Gasteiger partial charge in [-0.2, -0.15) is 0 Å². The Balaban J connectivity index is 2.47. The summed E-state index contributed by atoms with van der Waals surface area (Å²) in [6, 6.07) is 0. The van der Waals surface area contributed by atoms with E-state index >= 15 is 0 Å². The maximum Gasteiger partial charge on any atom is 0.0313 e. The molecule has 0 spiro atoms. The summed E-state index contributed by atoms with van der Waals surface area (Å²) in [7, 11) is 0. The largest absolute Gasteiger partial charge is 0.303 e. The van der Waals surface area contributed by atoms with Crippen LogP contribution < -0.4 is 0 Å². The van der Waals surface area contributed by atoms with Crippen LogP contribution in [-0.4, -0.2) is 35.5 Å². The van der Waals surface area contributed by atoms with Gasteiger partial charge in [0.1, 0.15) is 0 Å². The molecule has 3 heteroatoms. The maximum absolute atomic E-state index is 2.53. The summed E-state index contributed by atoms with van der Waals surface area (Å²) >= 11 is 4.17. The fraction of sp³-hybridized carbons (Fsp3) is 0.833. The van der Waals surface area contributed by atoms with Gasteiger partial charge in [-0.15, -0.1) is 23.5 Å². The molecule has 1 unspecified atom stereocenters. The summed E-state index contributed by atoms with van der Waals surface area (Å²) in [4.78, 5) is 5.70. The van der Waals surface area contributed by atoms with Gasteiger partial charge in [0.2, 0.25) is 0 Å². The molecule has 88 valence electrons. The van der Waals surface area contributed by atoms with E-state index in [-0.39, 0.29) is 0 Å². The fourth-order valence-corrected chi connectivity index (χ4v) is 4.47. The maximum atomic E-state index is 2.53. The highest BCUT2D eigenvalue weighted by molar-refractivity contribution is 8.10. The summed E-state index contributed by atoms with van der Waals surface area (Å²) < 4.78 is 0. The third kappa shape index (κ3) is 4.04. The first-order valence-electron chi connectivity index (χ1n) is 5.92. The summed E-state index contributed by atoms with van der Waals surface area (Å²) in [5.74, 6) is 1.29. The highest BCUT2D eigenvalue weighted by Gasteiger charge is 2.20. The minimum absolute atomic E-state index is 0.800. The van der Waals surface area contributed by atoms with Crippen molar-refractivity contribution in [3.8, 4) is 0 Å². The minimum Gasteiger partial charge on any atom is -0.303 e. The molecule has 0 N–H and O–H groups in total. The normalized spacial score (nSPS) is 22.6. The van der Waals surface area contributed by atoms with Crippen molar-refractivity contribution in [3.63, 3.8) is 0 Å². The molecule has 0 fully saturated rings. The molecule has 0 aromatic rings. The van der Waals surface area contributed by atoms with E-state index in [2.05, 4.69) is 56.1 Å². The first kappa shape index (κ1) is 13.5. The molecular formula is C12H23NS2. The summed E-state index contributed by atoms with van der Waals surface area (Å²) in [6.45, 7) is 12.7. The Kier molecular flexibility index (Phi) is 6.17. The van der Waals surface area contributed by atoms with Gasteiger partial charge >= 0.3 is 0 Å². The molecule has 0 amide bonds. The molecule has 0 aromatic heterocycles. The predicted octanol–water partition coefficient (Wildman–Crippen LogP) is 3.82. The zero-order valence-electron chi connectivity index (χ0n) is 10.4. The van der Waals surface area contributed by atoms with E-state index in [1.54, 1.807) is 9.81 Å². The topological polar surface area (TPSA) is 3.24 Å². The lowest BCUT2D eigenvalue weighted by Gasteiger charge is -2.29. The monoisotopic (exact) mass is 245 g/mol. The third-order valence-corrected chi connectivity index (χ3v) is 5.98. The Morgan fingerprint density at radius 1 is 1.27 bits per heavy atom. The lowest BCUT2D eigenvalue weighted by Crippen LogP contribution is -2.32. The van der Waals surface area contributed by atoms with Crippen molar-refractivity contribution in [2.45, 2.75) is 39.4 Å². The molecule has 0 saturated heterocycles. The Hall–Kier alpha value is 0.400. The molecular weight excluding hydrogens is 222 g/mol. The van der Waals surface area contributed by atoms with Gasteiger partial charge in [-0.1, -0.05) is 20.8 Å². The van der Waals surface area contributed by atoms with Crippen LogP contribution in [0.5, 0.6) is 0 Å². The Morgan fingerprint density at radius 2 is 1.93 bits per heavy atom. The van der Waals surface area contributed by atoms with E-state index in [0.29, 0.717) is 0 Å². The standard InChI is InChI=1S/C12H23NS2/c1-5-12-10(4)14-9-11(15-12)8-13(6-2)7-3/h11H,5-9H2,1-4H3. The lowest BCUT2D eigenvalue weighted by molar-refractivity contribution is 0.309. The van der Waals surface area contributed by atoms with Crippen molar-refractivity contribution in [3.05, 3.63) is 9.81 Å². The van der Waals surface area contributed by atoms with Crippen LogP contribution in [0.4, 0.5) is 0 Å². The van der Waals surface area contributed by atoms with Crippen LogP contribution in [0.25, 0.3) is 0 Å². The van der Waals surface area contributed by atoms with E-state index in [0.717, 1.165) is 5.25 Å². The third-order valence-electron chi connectivity index (χ3n) is 2.86. The van der Waals surface area contributed by atoms with Crippen LogP contribution in [0.2, 0.25) is 0 Å². The molecule has 1 heterocycles. The summed E-state index contributed by atoms with van der Waals surface area (Å²) in [5.41, 5.74) is 0. The van der Waals surface area contributed by atoms with Gasteiger partial charge in [0.15, 0.2) is 0 Å². The van der Waals surface area contributed by atoms with E-state index in [4.69, 9.17) is 0 Å². The van der Waals surface area contributed by atoms with Gasteiger partial charge in [0.05, 0.1) is 0 Å². The van der Waals surface area contributed by atoms with E-state index in [9.17, 15) is 0 Å². The van der Waals surface area contributed by atoms with Crippen LogP contribution in [0, 0.1) is 0 Å². The Bertz CT molecular complexity index is 222. The number of nitrogens with zero attached hydrogens (tertiary/aromatic N) is 1. The van der Waals surface area contributed by atoms with Crippen molar-refractivity contribution < 1.29 is 0 Å². The van der Waals surface area contributed by atoms with Gasteiger partial charge in [0, 0.05) is 17.5 Å². The molecule has 1 atom stereocenters. The average Bonchev–Trinajstić information content (AvgIpc) is 2.28. The number of allylic oxidation sites excluding steroid dienone is 2. The van der Waals surface area contributed by atoms with Gasteiger partial charge < -0.3 is 4.90 Å². The van der Waals surface area contributed by atoms with Crippen LogP contribution >= 0.6 is 23.5 Å². The summed E-state index contributed by atoms with van der Waals surface area (Å²) in [6.07, 6.45) is 1.21. The molecule has 1 nitrogen and oxygen atoms in total. The molecule has 0 aliphatic carbocycles. The molecule has 1 aliphatic rings. The first-order chi connectivity index (χ1) is 7.21. The van der Waals surface area contributed by atoms with E-state index in [1.807, 2.05) is 0 Å². The van der Waals surface area contributed by atoms with Crippen LogP contribution in [0.1, 0.15) is 34.1 Å². The molecule has 0 bridgehead atoms. The molecule has 1 aliphatic heterocycles. The first-order valence-corrected chi connectivity index (χ1v) is 7.79. The molecule has 1 rings (SSSR count). The Morgan fingerprint density at radius 3 is 2.47 bits per heavy atom. The molecule has 0 saturated carbocycles. The predicted molar refractivity (Wildman–Crippen MR) is 74.6 cm³/mol. The minimum atomic E-state index is 0.800. The van der Waals surface area contributed by atoms with Gasteiger partial charge in [-0.3, -0.25) is 0 Å². The molecule has 0 radical (unpaired) electrons. The number of hydrogen-bond donors (Lipinski definition) is 0. The van der Waals surface area contributed by atoms with Crippen LogP contribution in [-0.2, 0) is 0 Å². The van der Waals surface area contributed by atoms with Gasteiger partial charge in [0.25, 0.3) is 0 Å². The van der Waals surface area contributed by atoms with E-state index in [1.165, 1.54) is 31.8 Å². The zero-order valence-corrected chi connectivity index (χ0v) is 12.0. The van der Waals surface area contributed by atoms with Crippen molar-refractivity contribution in [2.24, 2.45) is 0 Å². The fourth-order valence-electron chi connectivity index (χ4n) is 1.81. The smallest absolute Gasteiger partial charge is 0.0313 e. The van der Waals surface area contributed by atoms with Crippen LogP contribution in [0.15, 0.2) is 9.81 Å². The van der Waals surface area contributed by atoms with Gasteiger partial charge in [-0.05, 0) is 36.2 Å². The quantitative estimate of drug-likeness (QED) is 0.725. The number of hydrogen-bond acceptors (Lipinski definition) is 3. The second-order valence-electron chi connectivity index (χ2n) is 3.87. The highest BCUT2D eigenvalue weighted by Crippen LogP contribution is 2.39. The Labute approximate surface area is 103 Å². The molecule has 0 aromatic carbocycles. The van der Waals surface area contributed by atoms with Crippen molar-refractivity contribution in [1.29, 1.82) is 0 Å².